The van der Waals surface area contributed by atoms with Crippen LogP contribution in [-0.2, 0) is 16.9 Å². The SMILES string of the molecule is Cc1cc(C2(O)CC3CCC(C2)N3C(=O)OCc2ccccc2)cnc1C#N. The van der Waals surface area contributed by atoms with Crippen molar-refractivity contribution in [3.05, 3.63) is 65.0 Å². The Morgan fingerprint density at radius 3 is 2.61 bits per heavy atom. The number of fused-ring (bicyclic) bond motifs is 2. The van der Waals surface area contributed by atoms with Crippen LogP contribution < -0.4 is 0 Å². The summed E-state index contributed by atoms with van der Waals surface area (Å²) in [6.45, 7) is 2.07. The highest BCUT2D eigenvalue weighted by molar-refractivity contribution is 5.69. The molecule has 0 aliphatic carbocycles. The molecule has 2 saturated heterocycles. The molecule has 2 bridgehead atoms. The van der Waals surface area contributed by atoms with E-state index in [1.165, 1.54) is 0 Å². The van der Waals surface area contributed by atoms with Crippen LogP contribution in [0.1, 0.15) is 48.1 Å². The Balaban J connectivity index is 1.47. The van der Waals surface area contributed by atoms with E-state index >= 15 is 0 Å². The van der Waals surface area contributed by atoms with Crippen molar-refractivity contribution in [2.75, 3.05) is 0 Å². The van der Waals surface area contributed by atoms with Crippen LogP contribution in [0.4, 0.5) is 4.79 Å². The van der Waals surface area contributed by atoms with E-state index in [0.717, 1.165) is 29.5 Å². The first-order valence-electron chi connectivity index (χ1n) is 9.59. The minimum absolute atomic E-state index is 0.0528. The first kappa shape index (κ1) is 18.5. The monoisotopic (exact) mass is 377 g/mol. The van der Waals surface area contributed by atoms with Crippen molar-refractivity contribution in [2.45, 2.75) is 56.9 Å². The normalized spacial score (nSPS) is 26.0. The zero-order valence-electron chi connectivity index (χ0n) is 15.8. The molecule has 0 spiro atoms. The van der Waals surface area contributed by atoms with Gasteiger partial charge in [0, 0.05) is 36.7 Å². The van der Waals surface area contributed by atoms with Gasteiger partial charge >= 0.3 is 6.09 Å². The van der Waals surface area contributed by atoms with Gasteiger partial charge in [-0.15, -0.1) is 0 Å². The quantitative estimate of drug-likeness (QED) is 0.886. The van der Waals surface area contributed by atoms with Crippen molar-refractivity contribution in [1.82, 2.24) is 9.88 Å². The molecule has 28 heavy (non-hydrogen) atoms. The molecule has 6 heteroatoms. The molecule has 1 aromatic carbocycles. The summed E-state index contributed by atoms with van der Waals surface area (Å²) >= 11 is 0. The van der Waals surface area contributed by atoms with Crippen LogP contribution in [0.5, 0.6) is 0 Å². The fourth-order valence-electron chi connectivity index (χ4n) is 4.50. The third-order valence-electron chi connectivity index (χ3n) is 5.90. The number of carbonyl (C=O) groups is 1. The smallest absolute Gasteiger partial charge is 0.410 e. The predicted molar refractivity (Wildman–Crippen MR) is 102 cm³/mol. The largest absolute Gasteiger partial charge is 0.445 e. The van der Waals surface area contributed by atoms with Crippen molar-refractivity contribution >= 4 is 6.09 Å². The van der Waals surface area contributed by atoms with Crippen LogP contribution >= 0.6 is 0 Å². The number of pyridine rings is 1. The standard InChI is InChI=1S/C22H23N3O3/c1-15-9-17(13-24-20(15)12-23)22(27)10-18-7-8-19(11-22)25(18)21(26)28-14-16-5-3-2-4-6-16/h2-6,9,13,18-19,27H,7-8,10-11,14H2,1H3. The van der Waals surface area contributed by atoms with Crippen LogP contribution in [0.15, 0.2) is 42.6 Å². The molecule has 144 valence electrons. The third-order valence-corrected chi connectivity index (χ3v) is 5.90. The zero-order chi connectivity index (χ0) is 19.7. The second-order valence-electron chi connectivity index (χ2n) is 7.77. The predicted octanol–water partition coefficient (Wildman–Crippen LogP) is 3.41. The molecule has 6 nitrogen and oxygen atoms in total. The highest BCUT2D eigenvalue weighted by Crippen LogP contribution is 2.46. The third kappa shape index (κ3) is 3.34. The fourth-order valence-corrected chi connectivity index (χ4v) is 4.50. The summed E-state index contributed by atoms with van der Waals surface area (Å²) in [5, 5.41) is 20.4. The van der Waals surface area contributed by atoms with E-state index in [0.29, 0.717) is 18.5 Å². The van der Waals surface area contributed by atoms with E-state index in [1.54, 1.807) is 11.1 Å². The molecule has 2 aromatic rings. The number of aromatic nitrogens is 1. The maximum atomic E-state index is 12.7. The summed E-state index contributed by atoms with van der Waals surface area (Å²) in [6.07, 6.45) is 3.90. The van der Waals surface area contributed by atoms with Crippen LogP contribution in [0.25, 0.3) is 0 Å². The second-order valence-corrected chi connectivity index (χ2v) is 7.77. The summed E-state index contributed by atoms with van der Waals surface area (Å²) in [5.41, 5.74) is 1.77. The molecule has 0 saturated carbocycles. The Bertz CT molecular complexity index is 908. The minimum atomic E-state index is -1.03. The maximum Gasteiger partial charge on any atom is 0.410 e. The second kappa shape index (κ2) is 7.25. The van der Waals surface area contributed by atoms with Gasteiger partial charge in [0.1, 0.15) is 18.4 Å². The first-order valence-corrected chi connectivity index (χ1v) is 9.59. The molecule has 0 radical (unpaired) electrons. The van der Waals surface area contributed by atoms with Gasteiger partial charge in [-0.3, -0.25) is 0 Å². The molecule has 2 unspecified atom stereocenters. The van der Waals surface area contributed by atoms with Gasteiger partial charge < -0.3 is 14.7 Å². The highest BCUT2D eigenvalue weighted by Gasteiger charge is 2.50. The number of ether oxygens (including phenoxy) is 1. The van der Waals surface area contributed by atoms with E-state index in [-0.39, 0.29) is 24.8 Å². The Morgan fingerprint density at radius 1 is 1.32 bits per heavy atom. The average molecular weight is 377 g/mol. The summed E-state index contributed by atoms with van der Waals surface area (Å²) in [4.78, 5) is 18.7. The van der Waals surface area contributed by atoms with E-state index in [9.17, 15) is 9.90 Å². The van der Waals surface area contributed by atoms with Gasteiger partial charge in [0.2, 0.25) is 0 Å². The molecule has 3 heterocycles. The van der Waals surface area contributed by atoms with E-state index in [2.05, 4.69) is 11.1 Å². The van der Waals surface area contributed by atoms with Crippen molar-refractivity contribution < 1.29 is 14.6 Å². The lowest BCUT2D eigenvalue weighted by atomic mass is 9.81. The van der Waals surface area contributed by atoms with Gasteiger partial charge in [-0.05, 0) is 37.0 Å². The van der Waals surface area contributed by atoms with Crippen molar-refractivity contribution in [1.29, 1.82) is 5.26 Å². The Kier molecular flexibility index (Phi) is 4.78. The molecule has 2 fully saturated rings. The first-order chi connectivity index (χ1) is 13.5. The number of aryl methyl sites for hydroxylation is 1. The lowest BCUT2D eigenvalue weighted by Crippen LogP contribution is -2.52. The number of carbonyl (C=O) groups excluding carboxylic acids is 1. The summed E-state index contributed by atoms with van der Waals surface area (Å²) < 4.78 is 5.53. The molecule has 2 aliphatic heterocycles. The van der Waals surface area contributed by atoms with Gasteiger partial charge in [-0.2, -0.15) is 5.26 Å². The zero-order valence-corrected chi connectivity index (χ0v) is 15.8. The van der Waals surface area contributed by atoms with Crippen LogP contribution in [0.2, 0.25) is 0 Å². The highest BCUT2D eigenvalue weighted by atomic mass is 16.6. The van der Waals surface area contributed by atoms with Gasteiger partial charge in [0.25, 0.3) is 0 Å². The van der Waals surface area contributed by atoms with Gasteiger partial charge in [-0.1, -0.05) is 30.3 Å². The molecule has 1 N–H and O–H groups in total. The number of rotatable bonds is 3. The van der Waals surface area contributed by atoms with E-state index in [4.69, 9.17) is 10.00 Å². The number of amides is 1. The topological polar surface area (TPSA) is 86.4 Å². The van der Waals surface area contributed by atoms with Crippen LogP contribution in [-0.4, -0.2) is 33.2 Å². The maximum absolute atomic E-state index is 12.7. The Labute approximate surface area is 164 Å². The molecular formula is C22H23N3O3. The molecule has 1 aromatic heterocycles. The number of benzene rings is 1. The number of hydrogen-bond donors (Lipinski definition) is 1. The van der Waals surface area contributed by atoms with Crippen molar-refractivity contribution in [3.63, 3.8) is 0 Å². The molecule has 4 rings (SSSR count). The van der Waals surface area contributed by atoms with Gasteiger partial charge in [-0.25, -0.2) is 9.78 Å². The number of piperidine rings is 1. The van der Waals surface area contributed by atoms with E-state index in [1.807, 2.05) is 43.3 Å². The molecule has 1 amide bonds. The number of nitrogens with zero attached hydrogens (tertiary/aromatic N) is 3. The van der Waals surface area contributed by atoms with Crippen LogP contribution in [0, 0.1) is 18.3 Å². The molecular weight excluding hydrogens is 354 g/mol. The number of aliphatic hydroxyl groups is 1. The van der Waals surface area contributed by atoms with Crippen molar-refractivity contribution in [2.24, 2.45) is 0 Å². The average Bonchev–Trinajstić information content (AvgIpc) is 2.99. The summed E-state index contributed by atoms with van der Waals surface area (Å²) in [7, 11) is 0. The van der Waals surface area contributed by atoms with Crippen molar-refractivity contribution in [3.8, 4) is 6.07 Å². The Morgan fingerprint density at radius 2 is 2.00 bits per heavy atom. The lowest BCUT2D eigenvalue weighted by Gasteiger charge is -2.43. The molecule has 2 atom stereocenters. The number of hydrogen-bond acceptors (Lipinski definition) is 5. The summed E-state index contributed by atoms with van der Waals surface area (Å²) in [6, 6.07) is 13.4. The number of nitriles is 1. The minimum Gasteiger partial charge on any atom is -0.445 e. The van der Waals surface area contributed by atoms with Gasteiger partial charge in [0.15, 0.2) is 0 Å². The Hall–Kier alpha value is -2.91. The van der Waals surface area contributed by atoms with Gasteiger partial charge in [0.05, 0.1) is 5.60 Å². The van der Waals surface area contributed by atoms with Crippen LogP contribution in [0.3, 0.4) is 0 Å². The fraction of sp³-hybridized carbons (Fsp3) is 0.409. The lowest BCUT2D eigenvalue weighted by molar-refractivity contribution is -0.0539. The molecule has 2 aliphatic rings. The summed E-state index contributed by atoms with van der Waals surface area (Å²) in [5.74, 6) is 0. The van der Waals surface area contributed by atoms with E-state index < -0.39 is 5.60 Å².